The van der Waals surface area contributed by atoms with Crippen LogP contribution in [0.2, 0.25) is 0 Å². The molecule has 1 aromatic rings. The molecule has 3 N–H and O–H groups in total. The smallest absolute Gasteiger partial charge is 0.268 e. The third-order valence-corrected chi connectivity index (χ3v) is 1.56. The fourth-order valence-electron chi connectivity index (χ4n) is 0.906. The molecule has 3 nitrogen and oxygen atoms in total. The Labute approximate surface area is 72.0 Å². The first kappa shape index (κ1) is 9.79. The van der Waals surface area contributed by atoms with Gasteiger partial charge in [0.25, 0.3) is 6.43 Å². The minimum absolute atomic E-state index is 0.142. The number of nitrogen functional groups attached to an aromatic ring is 1. The van der Waals surface area contributed by atoms with Crippen molar-refractivity contribution >= 4 is 5.69 Å². The number of hydrogen-bond acceptors (Lipinski definition) is 3. The van der Waals surface area contributed by atoms with Crippen molar-refractivity contribution in [1.82, 2.24) is 4.98 Å². The van der Waals surface area contributed by atoms with Crippen molar-refractivity contribution in [1.29, 1.82) is 0 Å². The van der Waals surface area contributed by atoms with Crippen molar-refractivity contribution in [3.8, 4) is 0 Å². The highest BCUT2D eigenvalue weighted by Gasteiger charge is 2.19. The Morgan fingerprint density at radius 3 is 2.62 bits per heavy atom. The highest BCUT2D eigenvalue weighted by molar-refractivity contribution is 5.51. The van der Waals surface area contributed by atoms with Crippen LogP contribution in [0, 0.1) is 5.82 Å². The van der Waals surface area contributed by atoms with E-state index in [0.717, 1.165) is 0 Å². The van der Waals surface area contributed by atoms with Crippen LogP contribution in [0.25, 0.3) is 0 Å². The Morgan fingerprint density at radius 1 is 1.54 bits per heavy atom. The topological polar surface area (TPSA) is 59.1 Å². The fraction of sp³-hybridized carbons (Fsp3) is 0.286. The zero-order chi connectivity index (χ0) is 10.0. The first-order chi connectivity index (χ1) is 6.07. The summed E-state index contributed by atoms with van der Waals surface area (Å²) in [5, 5.41) is 8.61. The lowest BCUT2D eigenvalue weighted by Crippen LogP contribution is -2.05. The quantitative estimate of drug-likeness (QED) is 0.740. The second-order valence-electron chi connectivity index (χ2n) is 2.34. The molecule has 0 bridgehead atoms. The number of hydrogen-bond donors (Lipinski definition) is 2. The Hall–Kier alpha value is -1.30. The molecule has 0 saturated carbocycles. The van der Waals surface area contributed by atoms with Crippen LogP contribution in [0.3, 0.4) is 0 Å². The molecule has 1 aromatic heterocycles. The fourth-order valence-corrected chi connectivity index (χ4v) is 0.906. The molecule has 0 aromatic carbocycles. The second-order valence-corrected chi connectivity index (χ2v) is 2.34. The number of nitrogens with zero attached hydrogens (tertiary/aromatic N) is 1. The predicted molar refractivity (Wildman–Crippen MR) is 39.5 cm³/mol. The molecule has 0 fully saturated rings. The van der Waals surface area contributed by atoms with E-state index in [2.05, 4.69) is 4.98 Å². The van der Waals surface area contributed by atoms with Crippen LogP contribution in [0.5, 0.6) is 0 Å². The lowest BCUT2D eigenvalue weighted by atomic mass is 10.2. The number of aliphatic hydroxyl groups excluding tert-OH is 1. The third kappa shape index (κ3) is 1.72. The Morgan fingerprint density at radius 2 is 2.15 bits per heavy atom. The molecule has 0 unspecified atom stereocenters. The molecule has 0 aliphatic rings. The van der Waals surface area contributed by atoms with Crippen LogP contribution in [0.1, 0.15) is 17.7 Å². The van der Waals surface area contributed by atoms with Crippen LogP contribution in [0.4, 0.5) is 18.9 Å². The number of alkyl halides is 2. The Kier molecular flexibility index (Phi) is 2.72. The number of rotatable bonds is 2. The summed E-state index contributed by atoms with van der Waals surface area (Å²) in [6.45, 7) is -0.591. The van der Waals surface area contributed by atoms with Gasteiger partial charge in [-0.05, 0) is 0 Å². The van der Waals surface area contributed by atoms with Crippen LogP contribution in [-0.4, -0.2) is 10.1 Å². The highest BCUT2D eigenvalue weighted by atomic mass is 19.3. The molecule has 6 heteroatoms. The number of anilines is 1. The van der Waals surface area contributed by atoms with E-state index in [0.29, 0.717) is 6.20 Å². The molecular formula is C7H7F3N2O. The van der Waals surface area contributed by atoms with Crippen LogP contribution < -0.4 is 5.73 Å². The molecule has 0 atom stereocenters. The largest absolute Gasteiger partial charge is 0.397 e. The van der Waals surface area contributed by atoms with Gasteiger partial charge in [-0.15, -0.1) is 0 Å². The maximum absolute atomic E-state index is 12.7. The summed E-state index contributed by atoms with van der Waals surface area (Å²) in [7, 11) is 0. The zero-order valence-electron chi connectivity index (χ0n) is 6.47. The molecule has 0 radical (unpaired) electrons. The second kappa shape index (κ2) is 3.61. The first-order valence-corrected chi connectivity index (χ1v) is 3.39. The highest BCUT2D eigenvalue weighted by Crippen LogP contribution is 2.28. The summed E-state index contributed by atoms with van der Waals surface area (Å²) in [5.41, 5.74) is 3.62. The maximum atomic E-state index is 12.7. The van der Waals surface area contributed by atoms with Crippen molar-refractivity contribution < 1.29 is 18.3 Å². The van der Waals surface area contributed by atoms with Gasteiger partial charge in [-0.2, -0.15) is 0 Å². The van der Waals surface area contributed by atoms with E-state index in [-0.39, 0.29) is 5.69 Å². The minimum atomic E-state index is -3.01. The molecule has 0 aliphatic heterocycles. The van der Waals surface area contributed by atoms with Crippen molar-refractivity contribution in [2.24, 2.45) is 0 Å². The molecule has 1 heterocycles. The van der Waals surface area contributed by atoms with Gasteiger partial charge in [0.15, 0.2) is 5.82 Å². The van der Waals surface area contributed by atoms with Crippen LogP contribution >= 0.6 is 0 Å². The number of halogens is 3. The van der Waals surface area contributed by atoms with E-state index < -0.39 is 30.1 Å². The summed E-state index contributed by atoms with van der Waals surface area (Å²) in [4.78, 5) is 3.36. The summed E-state index contributed by atoms with van der Waals surface area (Å²) < 4.78 is 37.1. The number of nitrogens with two attached hydrogens (primary N) is 1. The van der Waals surface area contributed by atoms with E-state index in [1.807, 2.05) is 0 Å². The average molecular weight is 192 g/mol. The Balaban J connectivity index is 3.30. The average Bonchev–Trinajstić information content (AvgIpc) is 2.04. The summed E-state index contributed by atoms with van der Waals surface area (Å²) in [5.74, 6) is -1.16. The van der Waals surface area contributed by atoms with E-state index in [1.165, 1.54) is 0 Å². The number of aromatic nitrogens is 1. The van der Waals surface area contributed by atoms with Gasteiger partial charge in [0, 0.05) is 0 Å². The van der Waals surface area contributed by atoms with Gasteiger partial charge in [0.1, 0.15) is 0 Å². The van der Waals surface area contributed by atoms with E-state index in [9.17, 15) is 13.2 Å². The molecule has 0 saturated heterocycles. The predicted octanol–water partition coefficient (Wildman–Crippen LogP) is 1.23. The first-order valence-electron chi connectivity index (χ1n) is 3.39. The molecule has 0 amide bonds. The third-order valence-electron chi connectivity index (χ3n) is 1.56. The number of pyridine rings is 1. The van der Waals surface area contributed by atoms with Gasteiger partial charge in [-0.1, -0.05) is 0 Å². The van der Waals surface area contributed by atoms with Gasteiger partial charge in [0.2, 0.25) is 0 Å². The Bertz CT molecular complexity index is 317. The number of aliphatic hydroxyl groups is 1. The lowest BCUT2D eigenvalue weighted by Gasteiger charge is -2.08. The van der Waals surface area contributed by atoms with E-state index in [4.69, 9.17) is 10.8 Å². The summed E-state index contributed by atoms with van der Waals surface area (Å²) >= 11 is 0. The molecule has 1 rings (SSSR count). The molecule has 13 heavy (non-hydrogen) atoms. The normalized spacial score (nSPS) is 10.8. The lowest BCUT2D eigenvalue weighted by molar-refractivity contribution is 0.146. The maximum Gasteiger partial charge on any atom is 0.268 e. The van der Waals surface area contributed by atoms with Gasteiger partial charge < -0.3 is 10.8 Å². The monoisotopic (exact) mass is 192 g/mol. The van der Waals surface area contributed by atoms with Crippen molar-refractivity contribution in [2.75, 3.05) is 5.73 Å². The summed E-state index contributed by atoms with van der Waals surface area (Å²) in [6, 6.07) is 0. The van der Waals surface area contributed by atoms with Gasteiger partial charge in [-0.25, -0.2) is 13.2 Å². The van der Waals surface area contributed by atoms with E-state index >= 15 is 0 Å². The zero-order valence-corrected chi connectivity index (χ0v) is 6.47. The molecular weight excluding hydrogens is 185 g/mol. The van der Waals surface area contributed by atoms with Crippen molar-refractivity contribution in [2.45, 2.75) is 13.0 Å². The van der Waals surface area contributed by atoms with Gasteiger partial charge in [0.05, 0.1) is 29.7 Å². The van der Waals surface area contributed by atoms with Crippen molar-refractivity contribution in [3.63, 3.8) is 0 Å². The SMILES string of the molecule is Nc1c(CO)ncc(F)c1C(F)F. The summed E-state index contributed by atoms with van der Waals surface area (Å²) in [6.07, 6.45) is -2.39. The van der Waals surface area contributed by atoms with E-state index in [1.54, 1.807) is 0 Å². The molecule has 0 spiro atoms. The van der Waals surface area contributed by atoms with Crippen LogP contribution in [-0.2, 0) is 6.61 Å². The van der Waals surface area contributed by atoms with Gasteiger partial charge in [-0.3, -0.25) is 4.98 Å². The van der Waals surface area contributed by atoms with Gasteiger partial charge >= 0.3 is 0 Å². The van der Waals surface area contributed by atoms with Crippen molar-refractivity contribution in [3.05, 3.63) is 23.3 Å². The minimum Gasteiger partial charge on any atom is -0.397 e. The van der Waals surface area contributed by atoms with Crippen LogP contribution in [0.15, 0.2) is 6.20 Å². The molecule has 0 aliphatic carbocycles. The molecule has 72 valence electrons. The standard InChI is InChI=1S/C7H7F3N2O/c8-3-1-12-4(2-13)6(11)5(3)7(9)10/h1,7,13H,2,11H2.